The molecular formula is C12H14ClIN2O2. The SMILES string of the molecule is C[C@@H](NC(=O)c1ccc(Cl)cc1I)C(=O)N(C)C. The van der Waals surface area contributed by atoms with Crippen LogP contribution in [0.25, 0.3) is 0 Å². The summed E-state index contributed by atoms with van der Waals surface area (Å²) in [6, 6.07) is 4.44. The minimum absolute atomic E-state index is 0.146. The van der Waals surface area contributed by atoms with Crippen LogP contribution in [0.3, 0.4) is 0 Å². The predicted molar refractivity (Wildman–Crippen MR) is 79.8 cm³/mol. The monoisotopic (exact) mass is 380 g/mol. The van der Waals surface area contributed by atoms with Crippen LogP contribution >= 0.6 is 34.2 Å². The molecule has 6 heteroatoms. The van der Waals surface area contributed by atoms with Crippen molar-refractivity contribution >= 4 is 46.0 Å². The molecule has 1 aromatic rings. The van der Waals surface area contributed by atoms with Crippen LogP contribution in [-0.4, -0.2) is 36.9 Å². The van der Waals surface area contributed by atoms with E-state index in [0.717, 1.165) is 3.57 Å². The second kappa shape index (κ2) is 6.38. The Labute approximate surface area is 125 Å². The Morgan fingerprint density at radius 3 is 2.50 bits per heavy atom. The van der Waals surface area contributed by atoms with Gasteiger partial charge in [0.2, 0.25) is 5.91 Å². The third kappa shape index (κ3) is 3.84. The number of hydrogen-bond acceptors (Lipinski definition) is 2. The summed E-state index contributed by atoms with van der Waals surface area (Å²) < 4.78 is 0.752. The van der Waals surface area contributed by atoms with Gasteiger partial charge < -0.3 is 10.2 Å². The van der Waals surface area contributed by atoms with E-state index >= 15 is 0 Å². The van der Waals surface area contributed by atoms with E-state index < -0.39 is 6.04 Å². The second-order valence-electron chi connectivity index (χ2n) is 4.05. The van der Waals surface area contributed by atoms with Gasteiger partial charge in [-0.2, -0.15) is 0 Å². The summed E-state index contributed by atoms with van der Waals surface area (Å²) in [5.41, 5.74) is 0.512. The molecule has 1 atom stereocenters. The van der Waals surface area contributed by atoms with Crippen molar-refractivity contribution in [3.8, 4) is 0 Å². The van der Waals surface area contributed by atoms with E-state index in [1.807, 2.05) is 22.6 Å². The largest absolute Gasteiger partial charge is 0.347 e. The summed E-state index contributed by atoms with van der Waals surface area (Å²) in [5.74, 6) is -0.425. The van der Waals surface area contributed by atoms with E-state index in [2.05, 4.69) is 5.32 Å². The van der Waals surface area contributed by atoms with Gasteiger partial charge in [-0.05, 0) is 47.7 Å². The number of benzene rings is 1. The van der Waals surface area contributed by atoms with Crippen molar-refractivity contribution in [2.45, 2.75) is 13.0 Å². The number of halogens is 2. The molecule has 98 valence electrons. The molecule has 0 radical (unpaired) electrons. The summed E-state index contributed by atoms with van der Waals surface area (Å²) >= 11 is 7.86. The van der Waals surface area contributed by atoms with E-state index in [0.29, 0.717) is 10.6 Å². The van der Waals surface area contributed by atoms with Crippen molar-refractivity contribution in [1.29, 1.82) is 0 Å². The second-order valence-corrected chi connectivity index (χ2v) is 5.65. The van der Waals surface area contributed by atoms with Gasteiger partial charge in [-0.1, -0.05) is 11.6 Å². The molecule has 2 amide bonds. The Morgan fingerprint density at radius 1 is 1.39 bits per heavy atom. The molecule has 0 aromatic heterocycles. The fraction of sp³-hybridized carbons (Fsp3) is 0.333. The summed E-state index contributed by atoms with van der Waals surface area (Å²) in [6.07, 6.45) is 0. The van der Waals surface area contributed by atoms with Crippen molar-refractivity contribution in [2.75, 3.05) is 14.1 Å². The van der Waals surface area contributed by atoms with E-state index in [9.17, 15) is 9.59 Å². The van der Waals surface area contributed by atoms with E-state index in [-0.39, 0.29) is 11.8 Å². The average Bonchev–Trinajstić information content (AvgIpc) is 2.27. The quantitative estimate of drug-likeness (QED) is 0.817. The maximum absolute atomic E-state index is 12.0. The molecule has 0 aliphatic carbocycles. The third-order valence-electron chi connectivity index (χ3n) is 2.33. The molecule has 1 N–H and O–H groups in total. The molecule has 1 rings (SSSR count). The normalized spacial score (nSPS) is 11.8. The molecule has 0 unspecified atom stereocenters. The number of likely N-dealkylation sites (N-methyl/N-ethyl adjacent to an activating group) is 1. The predicted octanol–water partition coefficient (Wildman–Crippen LogP) is 2.15. The highest BCUT2D eigenvalue weighted by Gasteiger charge is 2.19. The molecule has 0 fully saturated rings. The fourth-order valence-corrected chi connectivity index (χ4v) is 2.51. The Balaban J connectivity index is 2.80. The molecule has 0 saturated heterocycles. The summed E-state index contributed by atoms with van der Waals surface area (Å²) in [6.45, 7) is 1.66. The minimum Gasteiger partial charge on any atom is -0.347 e. The van der Waals surface area contributed by atoms with E-state index in [4.69, 9.17) is 11.6 Å². The highest BCUT2D eigenvalue weighted by molar-refractivity contribution is 14.1. The van der Waals surface area contributed by atoms with E-state index in [1.165, 1.54) is 4.90 Å². The number of nitrogens with one attached hydrogen (secondary N) is 1. The van der Waals surface area contributed by atoms with Crippen molar-refractivity contribution < 1.29 is 9.59 Å². The Bertz CT molecular complexity index is 477. The lowest BCUT2D eigenvalue weighted by molar-refractivity contribution is -0.130. The lowest BCUT2D eigenvalue weighted by atomic mass is 10.2. The maximum atomic E-state index is 12.0. The molecule has 0 aliphatic rings. The van der Waals surface area contributed by atoms with Gasteiger partial charge in [-0.25, -0.2) is 0 Å². The Kier molecular flexibility index (Phi) is 5.40. The van der Waals surface area contributed by atoms with Crippen molar-refractivity contribution in [1.82, 2.24) is 10.2 Å². The maximum Gasteiger partial charge on any atom is 0.252 e. The Hall–Kier alpha value is -0.820. The van der Waals surface area contributed by atoms with Gasteiger partial charge in [-0.15, -0.1) is 0 Å². The first-order valence-electron chi connectivity index (χ1n) is 5.30. The summed E-state index contributed by atoms with van der Waals surface area (Å²) in [5, 5.41) is 3.24. The molecule has 0 heterocycles. The summed E-state index contributed by atoms with van der Waals surface area (Å²) in [4.78, 5) is 25.1. The number of amides is 2. The van der Waals surface area contributed by atoms with Crippen molar-refractivity contribution in [3.63, 3.8) is 0 Å². The first-order valence-corrected chi connectivity index (χ1v) is 6.75. The number of nitrogens with zero attached hydrogens (tertiary/aromatic N) is 1. The van der Waals surface area contributed by atoms with Crippen LogP contribution in [-0.2, 0) is 4.79 Å². The summed E-state index contributed by atoms with van der Waals surface area (Å²) in [7, 11) is 3.30. The molecule has 0 saturated carbocycles. The van der Waals surface area contributed by atoms with Gasteiger partial charge in [-0.3, -0.25) is 9.59 Å². The minimum atomic E-state index is -0.557. The van der Waals surface area contributed by atoms with Gasteiger partial charge >= 0.3 is 0 Å². The zero-order valence-electron chi connectivity index (χ0n) is 10.3. The van der Waals surface area contributed by atoms with Crippen LogP contribution in [0.1, 0.15) is 17.3 Å². The molecule has 18 heavy (non-hydrogen) atoms. The number of carbonyl (C=O) groups excluding carboxylic acids is 2. The zero-order chi connectivity index (χ0) is 13.9. The smallest absolute Gasteiger partial charge is 0.252 e. The van der Waals surface area contributed by atoms with Crippen molar-refractivity contribution in [2.24, 2.45) is 0 Å². The zero-order valence-corrected chi connectivity index (χ0v) is 13.2. The lowest BCUT2D eigenvalue weighted by Crippen LogP contribution is -2.44. The molecule has 1 aromatic carbocycles. The third-order valence-corrected chi connectivity index (χ3v) is 3.46. The number of hydrogen-bond donors (Lipinski definition) is 1. The van der Waals surface area contributed by atoms with Crippen LogP contribution in [0, 0.1) is 3.57 Å². The highest BCUT2D eigenvalue weighted by atomic mass is 127. The molecular weight excluding hydrogens is 367 g/mol. The van der Waals surface area contributed by atoms with Gasteiger partial charge in [0.25, 0.3) is 5.91 Å². The van der Waals surface area contributed by atoms with Crippen LogP contribution in [0.15, 0.2) is 18.2 Å². The molecule has 0 bridgehead atoms. The van der Waals surface area contributed by atoms with Gasteiger partial charge in [0.15, 0.2) is 0 Å². The van der Waals surface area contributed by atoms with Gasteiger partial charge in [0.05, 0.1) is 5.56 Å². The Morgan fingerprint density at radius 2 is 2.00 bits per heavy atom. The van der Waals surface area contributed by atoms with Crippen molar-refractivity contribution in [3.05, 3.63) is 32.4 Å². The van der Waals surface area contributed by atoms with Crippen LogP contribution < -0.4 is 5.32 Å². The number of rotatable bonds is 3. The first kappa shape index (κ1) is 15.2. The highest BCUT2D eigenvalue weighted by Crippen LogP contribution is 2.18. The molecule has 0 spiro atoms. The first-order chi connectivity index (χ1) is 8.32. The standard InChI is InChI=1S/C12H14ClIN2O2/c1-7(12(18)16(2)3)15-11(17)9-5-4-8(13)6-10(9)14/h4-7H,1-3H3,(H,15,17)/t7-/m1/s1. The van der Waals surface area contributed by atoms with E-state index in [1.54, 1.807) is 39.2 Å². The fourth-order valence-electron chi connectivity index (χ4n) is 1.40. The average molecular weight is 381 g/mol. The van der Waals surface area contributed by atoms with Gasteiger partial charge in [0, 0.05) is 22.7 Å². The van der Waals surface area contributed by atoms with Crippen LogP contribution in [0.4, 0.5) is 0 Å². The van der Waals surface area contributed by atoms with Crippen LogP contribution in [0.5, 0.6) is 0 Å². The number of carbonyl (C=O) groups is 2. The van der Waals surface area contributed by atoms with Crippen LogP contribution in [0.2, 0.25) is 5.02 Å². The lowest BCUT2D eigenvalue weighted by Gasteiger charge is -2.18. The topological polar surface area (TPSA) is 49.4 Å². The van der Waals surface area contributed by atoms with Gasteiger partial charge in [0.1, 0.15) is 6.04 Å². The molecule has 4 nitrogen and oxygen atoms in total. The molecule has 0 aliphatic heterocycles.